The fourth-order valence-electron chi connectivity index (χ4n) is 3.12. The minimum atomic E-state index is -4.07. The van der Waals surface area contributed by atoms with Crippen LogP contribution in [0, 0.1) is 0 Å². The van der Waals surface area contributed by atoms with Gasteiger partial charge in [-0.25, -0.2) is 8.42 Å². The van der Waals surface area contributed by atoms with Gasteiger partial charge in [-0.3, -0.25) is 0 Å². The normalized spacial score (nSPS) is 19.1. The molecule has 30 heavy (non-hydrogen) atoms. The lowest BCUT2D eigenvalue weighted by atomic mass is 10.2. The molecule has 2 heterocycles. The van der Waals surface area contributed by atoms with Crippen LogP contribution in [-0.2, 0) is 24.9 Å². The summed E-state index contributed by atoms with van der Waals surface area (Å²) < 4.78 is 62.6. The standard InChI is InChI=1S/C19H21NO6S4/c21-29(22,20-9-11-25-12-10-20)17-5-7-18(8-6-17)30(23,24)26-16-3-1-15(2-4-16)19-27-13-14-28-19/h1-8,19H,9-14H2. The number of hydrogen-bond acceptors (Lipinski definition) is 8. The number of rotatable bonds is 6. The summed E-state index contributed by atoms with van der Waals surface area (Å²) in [5, 5.41) is 0. The van der Waals surface area contributed by atoms with Crippen LogP contribution in [0.25, 0.3) is 0 Å². The van der Waals surface area contributed by atoms with Crippen molar-refractivity contribution in [3.8, 4) is 5.75 Å². The number of ether oxygens (including phenoxy) is 1. The largest absolute Gasteiger partial charge is 0.379 e. The molecule has 2 fully saturated rings. The van der Waals surface area contributed by atoms with Gasteiger partial charge in [0.15, 0.2) is 0 Å². The molecule has 0 radical (unpaired) electrons. The molecule has 0 N–H and O–H groups in total. The third kappa shape index (κ3) is 4.81. The summed E-state index contributed by atoms with van der Waals surface area (Å²) >= 11 is 3.74. The second-order valence-electron chi connectivity index (χ2n) is 6.67. The average molecular weight is 488 g/mol. The fraction of sp³-hybridized carbons (Fsp3) is 0.368. The van der Waals surface area contributed by atoms with Gasteiger partial charge in [-0.05, 0) is 42.0 Å². The van der Waals surface area contributed by atoms with Gasteiger partial charge in [0, 0.05) is 24.6 Å². The molecule has 0 unspecified atom stereocenters. The van der Waals surface area contributed by atoms with E-state index in [2.05, 4.69) is 0 Å². The number of thioether (sulfide) groups is 2. The molecular formula is C19H21NO6S4. The zero-order valence-corrected chi connectivity index (χ0v) is 19.2. The minimum Gasteiger partial charge on any atom is -0.379 e. The first-order valence-electron chi connectivity index (χ1n) is 9.32. The van der Waals surface area contributed by atoms with E-state index < -0.39 is 20.1 Å². The van der Waals surface area contributed by atoms with Gasteiger partial charge < -0.3 is 8.92 Å². The molecular weight excluding hydrogens is 466 g/mol. The van der Waals surface area contributed by atoms with Crippen LogP contribution in [0.3, 0.4) is 0 Å². The summed E-state index contributed by atoms with van der Waals surface area (Å²) in [5.41, 5.74) is 1.13. The van der Waals surface area contributed by atoms with Gasteiger partial charge in [-0.15, -0.1) is 23.5 Å². The Kier molecular flexibility index (Phi) is 6.66. The molecule has 0 aromatic heterocycles. The summed E-state index contributed by atoms with van der Waals surface area (Å²) in [6.07, 6.45) is 0. The SMILES string of the molecule is O=S(=O)(Oc1ccc(C2SCCS2)cc1)c1ccc(S(=O)(=O)N2CCOCC2)cc1. The number of nitrogens with zero attached hydrogens (tertiary/aromatic N) is 1. The molecule has 0 atom stereocenters. The van der Waals surface area contributed by atoms with Crippen LogP contribution in [-0.4, -0.2) is 58.9 Å². The van der Waals surface area contributed by atoms with E-state index in [0.29, 0.717) is 17.8 Å². The summed E-state index contributed by atoms with van der Waals surface area (Å²) in [7, 11) is -7.75. The highest BCUT2D eigenvalue weighted by Crippen LogP contribution is 2.45. The van der Waals surface area contributed by atoms with E-state index in [9.17, 15) is 16.8 Å². The van der Waals surface area contributed by atoms with Crippen LogP contribution < -0.4 is 4.18 Å². The van der Waals surface area contributed by atoms with Crippen molar-refractivity contribution >= 4 is 43.7 Å². The first-order valence-corrected chi connectivity index (χ1v) is 14.3. The van der Waals surface area contributed by atoms with Crippen LogP contribution in [0.15, 0.2) is 58.3 Å². The molecule has 4 rings (SSSR count). The Hall–Kier alpha value is -1.24. The highest BCUT2D eigenvalue weighted by Gasteiger charge is 2.27. The predicted molar refractivity (Wildman–Crippen MR) is 118 cm³/mol. The molecule has 2 saturated heterocycles. The van der Waals surface area contributed by atoms with Crippen molar-refractivity contribution in [3.63, 3.8) is 0 Å². The zero-order valence-electron chi connectivity index (χ0n) is 16.0. The molecule has 162 valence electrons. The maximum absolute atomic E-state index is 12.7. The third-order valence-corrected chi connectivity index (χ3v) is 11.0. The fourth-order valence-corrected chi connectivity index (χ4v) is 8.32. The topological polar surface area (TPSA) is 90.0 Å². The highest BCUT2D eigenvalue weighted by molar-refractivity contribution is 8.19. The number of hydrogen-bond donors (Lipinski definition) is 0. The van der Waals surface area contributed by atoms with E-state index in [1.54, 1.807) is 12.1 Å². The number of benzene rings is 2. The van der Waals surface area contributed by atoms with E-state index in [1.807, 2.05) is 35.7 Å². The molecule has 0 aliphatic carbocycles. The average Bonchev–Trinajstić information content (AvgIpc) is 3.30. The second-order valence-corrected chi connectivity index (χ2v) is 12.9. The van der Waals surface area contributed by atoms with E-state index in [0.717, 1.165) is 17.1 Å². The molecule has 2 aromatic rings. The van der Waals surface area contributed by atoms with Crippen molar-refractivity contribution in [1.82, 2.24) is 4.31 Å². The quantitative estimate of drug-likeness (QED) is 0.575. The first-order chi connectivity index (χ1) is 14.4. The Morgan fingerprint density at radius 3 is 2.00 bits per heavy atom. The van der Waals surface area contributed by atoms with Crippen molar-refractivity contribution in [2.45, 2.75) is 14.4 Å². The molecule has 2 aromatic carbocycles. The zero-order chi connectivity index (χ0) is 21.2. The van der Waals surface area contributed by atoms with Crippen molar-refractivity contribution in [1.29, 1.82) is 0 Å². The van der Waals surface area contributed by atoms with Crippen molar-refractivity contribution < 1.29 is 25.8 Å². The Balaban J connectivity index is 1.47. The van der Waals surface area contributed by atoms with Gasteiger partial charge in [0.25, 0.3) is 0 Å². The maximum Gasteiger partial charge on any atom is 0.339 e. The summed E-state index contributed by atoms with van der Waals surface area (Å²) in [5.74, 6) is 2.44. The van der Waals surface area contributed by atoms with Crippen molar-refractivity contribution in [2.75, 3.05) is 37.8 Å². The molecule has 0 spiro atoms. The van der Waals surface area contributed by atoms with E-state index >= 15 is 0 Å². The summed E-state index contributed by atoms with van der Waals surface area (Å²) in [4.78, 5) is -0.0614. The summed E-state index contributed by atoms with van der Waals surface area (Å²) in [6, 6.07) is 12.1. The van der Waals surface area contributed by atoms with Gasteiger partial charge in [0.05, 0.1) is 22.7 Å². The molecule has 0 amide bonds. The summed E-state index contributed by atoms with van der Waals surface area (Å²) in [6.45, 7) is 1.24. The lowest BCUT2D eigenvalue weighted by Gasteiger charge is -2.26. The van der Waals surface area contributed by atoms with Crippen LogP contribution >= 0.6 is 23.5 Å². The van der Waals surface area contributed by atoms with E-state index in [4.69, 9.17) is 8.92 Å². The van der Waals surface area contributed by atoms with Crippen LogP contribution in [0.5, 0.6) is 5.75 Å². The second kappa shape index (κ2) is 9.09. The Labute approximate surface area is 185 Å². The van der Waals surface area contributed by atoms with Crippen LogP contribution in [0.2, 0.25) is 0 Å². The predicted octanol–water partition coefficient (Wildman–Crippen LogP) is 2.95. The monoisotopic (exact) mass is 487 g/mol. The van der Waals surface area contributed by atoms with Gasteiger partial charge in [-0.2, -0.15) is 12.7 Å². The first kappa shape index (κ1) is 22.0. The van der Waals surface area contributed by atoms with Gasteiger partial charge >= 0.3 is 10.1 Å². The third-order valence-electron chi connectivity index (χ3n) is 4.70. The molecule has 0 saturated carbocycles. The van der Waals surface area contributed by atoms with Crippen LogP contribution in [0.1, 0.15) is 10.1 Å². The van der Waals surface area contributed by atoms with E-state index in [1.165, 1.54) is 28.6 Å². The molecule has 11 heteroatoms. The Bertz CT molecular complexity index is 1070. The molecule has 7 nitrogen and oxygen atoms in total. The lowest BCUT2D eigenvalue weighted by Crippen LogP contribution is -2.40. The van der Waals surface area contributed by atoms with Gasteiger partial charge in [-0.1, -0.05) is 12.1 Å². The lowest BCUT2D eigenvalue weighted by molar-refractivity contribution is 0.0730. The van der Waals surface area contributed by atoms with Crippen LogP contribution in [0.4, 0.5) is 0 Å². The maximum atomic E-state index is 12.7. The number of morpholine rings is 1. The minimum absolute atomic E-state index is 0.0410. The van der Waals surface area contributed by atoms with Crippen molar-refractivity contribution in [2.24, 2.45) is 0 Å². The molecule has 0 bridgehead atoms. The van der Waals surface area contributed by atoms with E-state index in [-0.39, 0.29) is 28.6 Å². The molecule has 2 aliphatic rings. The van der Waals surface area contributed by atoms with Gasteiger partial charge in [0.1, 0.15) is 10.6 Å². The Morgan fingerprint density at radius 1 is 0.833 bits per heavy atom. The smallest absolute Gasteiger partial charge is 0.339 e. The highest BCUT2D eigenvalue weighted by atomic mass is 32.2. The Morgan fingerprint density at radius 2 is 1.40 bits per heavy atom. The van der Waals surface area contributed by atoms with Gasteiger partial charge in [0.2, 0.25) is 10.0 Å². The molecule has 2 aliphatic heterocycles. The number of sulfonamides is 1. The van der Waals surface area contributed by atoms with Crippen molar-refractivity contribution in [3.05, 3.63) is 54.1 Å².